The van der Waals surface area contributed by atoms with E-state index >= 15 is 0 Å². The summed E-state index contributed by atoms with van der Waals surface area (Å²) in [4.78, 5) is 0. The van der Waals surface area contributed by atoms with Crippen LogP contribution in [0.2, 0.25) is 10.0 Å². The normalized spacial score (nSPS) is 10.8. The summed E-state index contributed by atoms with van der Waals surface area (Å²) >= 11 is 11.8. The van der Waals surface area contributed by atoms with Crippen molar-refractivity contribution in [1.29, 1.82) is 5.26 Å². The number of nitrogens with one attached hydrogen (secondary N) is 1. The van der Waals surface area contributed by atoms with E-state index < -0.39 is 0 Å². The van der Waals surface area contributed by atoms with Gasteiger partial charge in [-0.15, -0.1) is 0 Å². The Bertz CT molecular complexity index is 711. The average molecular weight is 307 g/mol. The third-order valence-electron chi connectivity index (χ3n) is 3.01. The van der Waals surface area contributed by atoms with Gasteiger partial charge in [-0.1, -0.05) is 23.2 Å². The molecule has 0 saturated heterocycles. The van der Waals surface area contributed by atoms with E-state index in [9.17, 15) is 0 Å². The smallest absolute Gasteiger partial charge is 0.120 e. The summed E-state index contributed by atoms with van der Waals surface area (Å²) in [6.07, 6.45) is 1.67. The van der Waals surface area contributed by atoms with E-state index in [0.717, 1.165) is 16.9 Å². The second kappa shape index (κ2) is 6.00. The zero-order valence-electron chi connectivity index (χ0n) is 11.0. The molecule has 0 radical (unpaired) electrons. The van der Waals surface area contributed by atoms with E-state index in [4.69, 9.17) is 28.5 Å². The van der Waals surface area contributed by atoms with Crippen LogP contribution in [-0.2, 0) is 7.05 Å². The molecule has 2 rings (SSSR count). The standard InChI is InChI=1S/C14H12Cl2N4/c1-9-10(5-12(7-17)20(9)2)8-18-19-11-3-4-13(15)14(16)6-11/h3-6,8,19H,1-2H3/b18-8-. The first-order valence-corrected chi connectivity index (χ1v) is 6.59. The van der Waals surface area contributed by atoms with Crippen LogP contribution >= 0.6 is 23.2 Å². The highest BCUT2D eigenvalue weighted by atomic mass is 35.5. The van der Waals surface area contributed by atoms with Crippen LogP contribution in [0, 0.1) is 18.3 Å². The fraction of sp³-hybridized carbons (Fsp3) is 0.143. The Morgan fingerprint density at radius 2 is 2.05 bits per heavy atom. The zero-order chi connectivity index (χ0) is 14.7. The molecule has 0 amide bonds. The Labute approximate surface area is 127 Å². The molecule has 1 heterocycles. The summed E-state index contributed by atoms with van der Waals surface area (Å²) in [6.45, 7) is 1.93. The lowest BCUT2D eigenvalue weighted by Gasteiger charge is -2.02. The third kappa shape index (κ3) is 2.96. The van der Waals surface area contributed by atoms with E-state index in [1.807, 2.05) is 18.5 Å². The van der Waals surface area contributed by atoms with Crippen LogP contribution in [0.1, 0.15) is 17.0 Å². The monoisotopic (exact) mass is 306 g/mol. The molecule has 0 aliphatic rings. The second-order valence-corrected chi connectivity index (χ2v) is 5.05. The van der Waals surface area contributed by atoms with Crippen molar-refractivity contribution in [3.8, 4) is 6.07 Å². The van der Waals surface area contributed by atoms with Crippen molar-refractivity contribution in [2.75, 3.05) is 5.43 Å². The van der Waals surface area contributed by atoms with E-state index in [2.05, 4.69) is 16.6 Å². The van der Waals surface area contributed by atoms with Crippen molar-refractivity contribution in [3.05, 3.63) is 51.3 Å². The van der Waals surface area contributed by atoms with Gasteiger partial charge in [0, 0.05) is 18.3 Å². The van der Waals surface area contributed by atoms with Crippen molar-refractivity contribution in [1.82, 2.24) is 4.57 Å². The molecule has 0 atom stereocenters. The minimum Gasteiger partial charge on any atom is -0.339 e. The number of rotatable bonds is 3. The predicted octanol–water partition coefficient (Wildman–Crippen LogP) is 3.96. The van der Waals surface area contributed by atoms with Crippen molar-refractivity contribution < 1.29 is 0 Å². The van der Waals surface area contributed by atoms with Crippen LogP contribution in [-0.4, -0.2) is 10.8 Å². The summed E-state index contributed by atoms with van der Waals surface area (Å²) in [5.74, 6) is 0. The first-order valence-electron chi connectivity index (χ1n) is 5.83. The maximum absolute atomic E-state index is 8.96. The van der Waals surface area contributed by atoms with Crippen LogP contribution in [0.15, 0.2) is 29.4 Å². The first kappa shape index (κ1) is 14.4. The molecular formula is C14H12Cl2N4. The molecule has 0 fully saturated rings. The van der Waals surface area contributed by atoms with Gasteiger partial charge in [-0.05, 0) is 31.2 Å². The average Bonchev–Trinajstić information content (AvgIpc) is 2.70. The molecule has 0 spiro atoms. The minimum atomic E-state index is 0.467. The van der Waals surface area contributed by atoms with Crippen LogP contribution in [0.3, 0.4) is 0 Å². The second-order valence-electron chi connectivity index (χ2n) is 4.24. The lowest BCUT2D eigenvalue weighted by molar-refractivity contribution is 0.865. The Morgan fingerprint density at radius 3 is 2.65 bits per heavy atom. The van der Waals surface area contributed by atoms with Gasteiger partial charge in [-0.3, -0.25) is 5.43 Å². The molecule has 102 valence electrons. The third-order valence-corrected chi connectivity index (χ3v) is 3.74. The van der Waals surface area contributed by atoms with Crippen LogP contribution in [0.5, 0.6) is 0 Å². The van der Waals surface area contributed by atoms with Gasteiger partial charge in [0.05, 0.1) is 21.9 Å². The molecule has 4 nitrogen and oxygen atoms in total. The van der Waals surface area contributed by atoms with E-state index in [1.165, 1.54) is 0 Å². The van der Waals surface area contributed by atoms with Gasteiger partial charge in [-0.2, -0.15) is 10.4 Å². The number of benzene rings is 1. The predicted molar refractivity (Wildman–Crippen MR) is 82.5 cm³/mol. The number of hydrogen-bond acceptors (Lipinski definition) is 3. The van der Waals surface area contributed by atoms with Crippen molar-refractivity contribution in [2.45, 2.75) is 6.92 Å². The van der Waals surface area contributed by atoms with Crippen molar-refractivity contribution in [3.63, 3.8) is 0 Å². The van der Waals surface area contributed by atoms with E-state index in [-0.39, 0.29) is 0 Å². The minimum absolute atomic E-state index is 0.467. The molecule has 0 unspecified atom stereocenters. The summed E-state index contributed by atoms with van der Waals surface area (Å²) in [6, 6.07) is 9.09. The number of anilines is 1. The Kier molecular flexibility index (Phi) is 4.33. The van der Waals surface area contributed by atoms with Crippen molar-refractivity contribution in [2.24, 2.45) is 12.1 Å². The number of nitrogens with zero attached hydrogens (tertiary/aromatic N) is 3. The molecule has 2 aromatic rings. The summed E-state index contributed by atoms with van der Waals surface area (Å²) < 4.78 is 1.82. The van der Waals surface area contributed by atoms with E-state index in [0.29, 0.717) is 15.7 Å². The van der Waals surface area contributed by atoms with Gasteiger partial charge in [0.2, 0.25) is 0 Å². The molecule has 1 aromatic carbocycles. The molecule has 1 N–H and O–H groups in total. The van der Waals surface area contributed by atoms with Crippen LogP contribution in [0.25, 0.3) is 0 Å². The van der Waals surface area contributed by atoms with Gasteiger partial charge in [0.25, 0.3) is 0 Å². The quantitative estimate of drug-likeness (QED) is 0.689. The molecule has 0 aliphatic heterocycles. The largest absolute Gasteiger partial charge is 0.339 e. The van der Waals surface area contributed by atoms with Gasteiger partial charge in [0.15, 0.2) is 0 Å². The topological polar surface area (TPSA) is 53.1 Å². The highest BCUT2D eigenvalue weighted by Crippen LogP contribution is 2.24. The summed E-state index contributed by atoms with van der Waals surface area (Å²) in [5, 5.41) is 14.1. The van der Waals surface area contributed by atoms with E-state index in [1.54, 1.807) is 30.5 Å². The Hall–Kier alpha value is -1.96. The first-order chi connectivity index (χ1) is 9.52. The molecular weight excluding hydrogens is 295 g/mol. The highest BCUT2D eigenvalue weighted by Gasteiger charge is 2.06. The maximum atomic E-state index is 8.96. The number of halogens is 2. The SMILES string of the molecule is Cc1c(/C=N\Nc2ccc(Cl)c(Cl)c2)cc(C#N)n1C. The summed E-state index contributed by atoms with van der Waals surface area (Å²) in [7, 11) is 1.84. The Morgan fingerprint density at radius 1 is 1.30 bits per heavy atom. The molecule has 0 aliphatic carbocycles. The van der Waals surface area contributed by atoms with Crippen LogP contribution < -0.4 is 5.43 Å². The van der Waals surface area contributed by atoms with Crippen LogP contribution in [0.4, 0.5) is 5.69 Å². The molecule has 20 heavy (non-hydrogen) atoms. The zero-order valence-corrected chi connectivity index (χ0v) is 12.5. The van der Waals surface area contributed by atoms with Gasteiger partial charge in [-0.25, -0.2) is 0 Å². The number of hydrazone groups is 1. The Balaban J connectivity index is 2.14. The van der Waals surface area contributed by atoms with Crippen molar-refractivity contribution >= 4 is 35.1 Å². The fourth-order valence-electron chi connectivity index (χ4n) is 1.70. The number of aromatic nitrogens is 1. The summed E-state index contributed by atoms with van der Waals surface area (Å²) in [5.41, 5.74) is 6.06. The molecule has 1 aromatic heterocycles. The maximum Gasteiger partial charge on any atom is 0.120 e. The lowest BCUT2D eigenvalue weighted by atomic mass is 10.3. The lowest BCUT2D eigenvalue weighted by Crippen LogP contribution is -1.95. The fourth-order valence-corrected chi connectivity index (χ4v) is 2.00. The number of nitriles is 1. The molecule has 0 saturated carbocycles. The van der Waals surface area contributed by atoms with Gasteiger partial charge >= 0.3 is 0 Å². The highest BCUT2D eigenvalue weighted by molar-refractivity contribution is 6.42. The van der Waals surface area contributed by atoms with Gasteiger partial charge in [0.1, 0.15) is 11.8 Å². The molecule has 0 bridgehead atoms. The number of hydrogen-bond donors (Lipinski definition) is 1. The van der Waals surface area contributed by atoms with Gasteiger partial charge < -0.3 is 4.57 Å². The molecule has 6 heteroatoms.